The van der Waals surface area contributed by atoms with E-state index in [0.717, 1.165) is 22.6 Å². The Morgan fingerprint density at radius 3 is 2.47 bits per heavy atom. The van der Waals surface area contributed by atoms with Gasteiger partial charge in [0.05, 0.1) is 6.61 Å². The van der Waals surface area contributed by atoms with E-state index in [2.05, 4.69) is 0 Å². The Labute approximate surface area is 102 Å². The predicted molar refractivity (Wildman–Crippen MR) is 62.8 cm³/mol. The van der Waals surface area contributed by atoms with Crippen molar-refractivity contribution in [2.24, 2.45) is 0 Å². The summed E-state index contributed by atoms with van der Waals surface area (Å²) in [4.78, 5) is 1.44. The summed E-state index contributed by atoms with van der Waals surface area (Å²) >= 11 is 1.29. The molecule has 0 saturated heterocycles. The van der Waals surface area contributed by atoms with Crippen molar-refractivity contribution in [3.63, 3.8) is 0 Å². The zero-order chi connectivity index (χ0) is 12.3. The summed E-state index contributed by atoms with van der Waals surface area (Å²) in [6.45, 7) is -0.0765. The Hall–Kier alpha value is -1.39. The van der Waals surface area contributed by atoms with Crippen LogP contribution < -0.4 is 0 Å². The molecule has 2 aromatic carbocycles. The molecule has 0 amide bonds. The van der Waals surface area contributed by atoms with Crippen LogP contribution in [0.2, 0.25) is 0 Å². The number of hydrogen-bond donors (Lipinski definition) is 1. The lowest BCUT2D eigenvalue weighted by Gasteiger charge is -2.06. The van der Waals surface area contributed by atoms with Crippen molar-refractivity contribution in [2.45, 2.75) is 16.4 Å². The van der Waals surface area contributed by atoms with Gasteiger partial charge < -0.3 is 5.11 Å². The molecule has 0 radical (unpaired) electrons. The SMILES string of the molecule is OCc1ccccc1Sc1ccc(F)c(F)c1. The van der Waals surface area contributed by atoms with Crippen LogP contribution in [0.15, 0.2) is 52.3 Å². The number of rotatable bonds is 3. The molecular weight excluding hydrogens is 242 g/mol. The van der Waals surface area contributed by atoms with Gasteiger partial charge in [-0.2, -0.15) is 0 Å². The van der Waals surface area contributed by atoms with Gasteiger partial charge in [-0.1, -0.05) is 30.0 Å². The predicted octanol–water partition coefficient (Wildman–Crippen LogP) is 3.61. The van der Waals surface area contributed by atoms with Gasteiger partial charge in [-0.15, -0.1) is 0 Å². The second-order valence-corrected chi connectivity index (χ2v) is 4.56. The Kier molecular flexibility index (Phi) is 3.76. The standard InChI is InChI=1S/C13H10F2OS/c14-11-6-5-10(7-12(11)15)17-13-4-2-1-3-9(13)8-16/h1-7,16H,8H2. The van der Waals surface area contributed by atoms with Crippen LogP contribution in [0.1, 0.15) is 5.56 Å². The van der Waals surface area contributed by atoms with E-state index in [1.54, 1.807) is 6.07 Å². The van der Waals surface area contributed by atoms with Gasteiger partial charge in [-0.05, 0) is 29.8 Å². The molecule has 2 aromatic rings. The Bertz CT molecular complexity index is 529. The van der Waals surface area contributed by atoms with Crippen molar-refractivity contribution in [2.75, 3.05) is 0 Å². The molecule has 0 atom stereocenters. The number of aliphatic hydroxyl groups excluding tert-OH is 1. The lowest BCUT2D eigenvalue weighted by atomic mass is 10.2. The normalized spacial score (nSPS) is 10.5. The van der Waals surface area contributed by atoms with Crippen molar-refractivity contribution in [3.8, 4) is 0 Å². The molecule has 4 heteroatoms. The monoisotopic (exact) mass is 252 g/mol. The second-order valence-electron chi connectivity index (χ2n) is 3.44. The average Bonchev–Trinajstić information content (AvgIpc) is 2.34. The van der Waals surface area contributed by atoms with E-state index in [9.17, 15) is 8.78 Å². The first kappa shape index (κ1) is 12.1. The van der Waals surface area contributed by atoms with Crippen LogP contribution in [0.3, 0.4) is 0 Å². The molecule has 0 aromatic heterocycles. The summed E-state index contributed by atoms with van der Waals surface area (Å²) in [7, 11) is 0. The van der Waals surface area contributed by atoms with Crippen molar-refractivity contribution < 1.29 is 13.9 Å². The van der Waals surface area contributed by atoms with Gasteiger partial charge >= 0.3 is 0 Å². The molecular formula is C13H10F2OS. The van der Waals surface area contributed by atoms with E-state index < -0.39 is 11.6 Å². The van der Waals surface area contributed by atoms with Crippen LogP contribution in [0, 0.1) is 11.6 Å². The Balaban J connectivity index is 2.28. The minimum absolute atomic E-state index is 0.0765. The highest BCUT2D eigenvalue weighted by Crippen LogP contribution is 2.31. The maximum Gasteiger partial charge on any atom is 0.159 e. The average molecular weight is 252 g/mol. The molecule has 0 bridgehead atoms. The van der Waals surface area contributed by atoms with Crippen LogP contribution in [0.4, 0.5) is 8.78 Å². The van der Waals surface area contributed by atoms with Crippen LogP contribution in [0.25, 0.3) is 0 Å². The molecule has 88 valence electrons. The molecule has 0 aliphatic rings. The molecule has 0 saturated carbocycles. The molecule has 1 N–H and O–H groups in total. The smallest absolute Gasteiger partial charge is 0.159 e. The third-order valence-electron chi connectivity index (χ3n) is 2.26. The highest BCUT2D eigenvalue weighted by Gasteiger charge is 2.06. The van der Waals surface area contributed by atoms with Crippen molar-refractivity contribution in [1.29, 1.82) is 0 Å². The number of hydrogen-bond acceptors (Lipinski definition) is 2. The zero-order valence-electron chi connectivity index (χ0n) is 8.86. The number of halogens is 2. The van der Waals surface area contributed by atoms with Gasteiger partial charge in [0, 0.05) is 9.79 Å². The number of benzene rings is 2. The first-order valence-electron chi connectivity index (χ1n) is 5.02. The molecule has 2 rings (SSSR count). The van der Waals surface area contributed by atoms with Gasteiger partial charge in [-0.25, -0.2) is 8.78 Å². The molecule has 0 heterocycles. The maximum absolute atomic E-state index is 13.0. The summed E-state index contributed by atoms with van der Waals surface area (Å²) in [5, 5.41) is 9.15. The van der Waals surface area contributed by atoms with E-state index in [0.29, 0.717) is 4.90 Å². The fraction of sp³-hybridized carbons (Fsp3) is 0.0769. The fourth-order valence-corrected chi connectivity index (χ4v) is 2.36. The largest absolute Gasteiger partial charge is 0.392 e. The summed E-state index contributed by atoms with van der Waals surface area (Å²) in [6, 6.07) is 11.0. The van der Waals surface area contributed by atoms with Crippen molar-refractivity contribution >= 4 is 11.8 Å². The minimum atomic E-state index is -0.864. The second kappa shape index (κ2) is 5.29. The van der Waals surface area contributed by atoms with Crippen LogP contribution in [-0.2, 0) is 6.61 Å². The first-order chi connectivity index (χ1) is 8.20. The summed E-state index contributed by atoms with van der Waals surface area (Å²) < 4.78 is 25.8. The van der Waals surface area contributed by atoms with Crippen molar-refractivity contribution in [1.82, 2.24) is 0 Å². The highest BCUT2D eigenvalue weighted by atomic mass is 32.2. The zero-order valence-corrected chi connectivity index (χ0v) is 9.68. The first-order valence-corrected chi connectivity index (χ1v) is 5.84. The van der Waals surface area contributed by atoms with E-state index in [4.69, 9.17) is 5.11 Å². The molecule has 0 unspecified atom stereocenters. The van der Waals surface area contributed by atoms with Gasteiger partial charge in [0.25, 0.3) is 0 Å². The van der Waals surface area contributed by atoms with E-state index in [-0.39, 0.29) is 6.61 Å². The lowest BCUT2D eigenvalue weighted by molar-refractivity contribution is 0.279. The molecule has 0 spiro atoms. The van der Waals surface area contributed by atoms with Gasteiger partial charge in [0.2, 0.25) is 0 Å². The Morgan fingerprint density at radius 1 is 1.00 bits per heavy atom. The molecule has 0 aliphatic carbocycles. The number of aliphatic hydroxyl groups is 1. The van der Waals surface area contributed by atoms with E-state index in [1.807, 2.05) is 18.2 Å². The van der Waals surface area contributed by atoms with Crippen LogP contribution in [0.5, 0.6) is 0 Å². The maximum atomic E-state index is 13.0. The summed E-state index contributed by atoms with van der Waals surface area (Å²) in [5.74, 6) is -1.72. The molecule has 17 heavy (non-hydrogen) atoms. The van der Waals surface area contributed by atoms with Gasteiger partial charge in [0.1, 0.15) is 0 Å². The summed E-state index contributed by atoms with van der Waals surface area (Å²) in [6.07, 6.45) is 0. The lowest BCUT2D eigenvalue weighted by Crippen LogP contribution is -1.88. The van der Waals surface area contributed by atoms with Gasteiger partial charge in [-0.3, -0.25) is 0 Å². The van der Waals surface area contributed by atoms with Crippen molar-refractivity contribution in [3.05, 3.63) is 59.7 Å². The molecule has 0 fully saturated rings. The fourth-order valence-electron chi connectivity index (χ4n) is 1.40. The molecule has 0 aliphatic heterocycles. The minimum Gasteiger partial charge on any atom is -0.392 e. The Morgan fingerprint density at radius 2 is 1.76 bits per heavy atom. The quantitative estimate of drug-likeness (QED) is 0.900. The van der Waals surface area contributed by atoms with Gasteiger partial charge in [0.15, 0.2) is 11.6 Å². The topological polar surface area (TPSA) is 20.2 Å². The molecule has 1 nitrogen and oxygen atoms in total. The highest BCUT2D eigenvalue weighted by molar-refractivity contribution is 7.99. The van der Waals surface area contributed by atoms with E-state index >= 15 is 0 Å². The van der Waals surface area contributed by atoms with E-state index in [1.165, 1.54) is 17.8 Å². The third-order valence-corrected chi connectivity index (χ3v) is 3.37. The third kappa shape index (κ3) is 2.84. The van der Waals surface area contributed by atoms with Crippen LogP contribution >= 0.6 is 11.8 Å². The summed E-state index contributed by atoms with van der Waals surface area (Å²) in [5.41, 5.74) is 0.766. The van der Waals surface area contributed by atoms with Crippen LogP contribution in [-0.4, -0.2) is 5.11 Å².